The molecule has 46 valence electrons. The molecule has 2 N–H and O–H groups in total. The summed E-state index contributed by atoms with van der Waals surface area (Å²) in [6.07, 6.45) is 0. The van der Waals surface area contributed by atoms with Gasteiger partial charge in [-0.3, -0.25) is 0 Å². The number of halogens is 1. The predicted molar refractivity (Wildman–Crippen MR) is 30.0 cm³/mol. The number of carboxylic acid groups (broad SMARTS) is 1. The number of hydrazone groups is 1. The molecule has 0 aromatic heterocycles. The van der Waals surface area contributed by atoms with E-state index < -0.39 is 11.1 Å². The number of rotatable bonds is 2. The largest absolute Gasteiger partial charge is 0.476 e. The quantitative estimate of drug-likeness (QED) is 0.410. The van der Waals surface area contributed by atoms with Crippen molar-refractivity contribution in [1.29, 1.82) is 0 Å². The number of carboxylic acids is 1. The van der Waals surface area contributed by atoms with E-state index in [-0.39, 0.29) is 0 Å². The molecule has 0 saturated heterocycles. The Bertz CT molecular complexity index is 122. The number of hydrogen-bond acceptors (Lipinski definition) is 3. The topological polar surface area (TPSA) is 61.7 Å². The molecular weight excluding hydrogens is 131 g/mol. The van der Waals surface area contributed by atoms with Gasteiger partial charge < -0.3 is 10.5 Å². The second kappa shape index (κ2) is 3.26. The van der Waals surface area contributed by atoms with Crippen molar-refractivity contribution in [2.24, 2.45) is 5.10 Å². The first-order chi connectivity index (χ1) is 3.68. The lowest BCUT2D eigenvalue weighted by molar-refractivity contribution is -0.129. The molecule has 4 nitrogen and oxygen atoms in total. The maximum absolute atomic E-state index is 9.79. The van der Waals surface area contributed by atoms with Gasteiger partial charge in [0.2, 0.25) is 5.17 Å². The van der Waals surface area contributed by atoms with Crippen LogP contribution in [0.25, 0.3) is 0 Å². The van der Waals surface area contributed by atoms with Gasteiger partial charge in [-0.15, -0.1) is 0 Å². The fourth-order valence-electron chi connectivity index (χ4n) is 0.146. The van der Waals surface area contributed by atoms with Crippen molar-refractivity contribution in [3.8, 4) is 0 Å². The van der Waals surface area contributed by atoms with Gasteiger partial charge in [0.05, 0.1) is 0 Å². The van der Waals surface area contributed by atoms with Crippen LogP contribution >= 0.6 is 11.6 Å². The zero-order valence-electron chi connectivity index (χ0n) is 4.18. The Labute approximate surface area is 51.1 Å². The molecule has 5 heteroatoms. The van der Waals surface area contributed by atoms with E-state index in [0.29, 0.717) is 0 Å². The van der Waals surface area contributed by atoms with Gasteiger partial charge in [0.15, 0.2) is 0 Å². The summed E-state index contributed by atoms with van der Waals surface area (Å²) in [6.45, 7) is 0. The van der Waals surface area contributed by atoms with Crippen molar-refractivity contribution in [2.75, 3.05) is 7.05 Å². The molecule has 0 heterocycles. The molecule has 8 heavy (non-hydrogen) atoms. The summed E-state index contributed by atoms with van der Waals surface area (Å²) in [7, 11) is 1.46. The molecular formula is C3H5ClN2O2. The van der Waals surface area contributed by atoms with E-state index >= 15 is 0 Å². The number of nitrogens with one attached hydrogen (secondary N) is 1. The Morgan fingerprint density at radius 2 is 2.38 bits per heavy atom. The van der Waals surface area contributed by atoms with Crippen LogP contribution in [0.3, 0.4) is 0 Å². The molecule has 0 aromatic carbocycles. The van der Waals surface area contributed by atoms with Crippen molar-refractivity contribution < 1.29 is 9.90 Å². The number of nitrogens with zero attached hydrogens (tertiary/aromatic N) is 1. The monoisotopic (exact) mass is 136 g/mol. The van der Waals surface area contributed by atoms with E-state index in [1.807, 2.05) is 0 Å². The van der Waals surface area contributed by atoms with Crippen LogP contribution in [0.1, 0.15) is 0 Å². The van der Waals surface area contributed by atoms with Crippen molar-refractivity contribution in [1.82, 2.24) is 5.43 Å². The maximum Gasteiger partial charge on any atom is 0.368 e. The smallest absolute Gasteiger partial charge is 0.368 e. The fourth-order valence-corrected chi connectivity index (χ4v) is 0.230. The minimum Gasteiger partial charge on any atom is -0.476 e. The van der Waals surface area contributed by atoms with Crippen LogP contribution in [0, 0.1) is 0 Å². The fraction of sp³-hybridized carbons (Fsp3) is 0.333. The van der Waals surface area contributed by atoms with Crippen LogP contribution in [0.2, 0.25) is 0 Å². The van der Waals surface area contributed by atoms with Crippen LogP contribution < -0.4 is 5.43 Å². The lowest BCUT2D eigenvalue weighted by atomic mass is 10.8. The van der Waals surface area contributed by atoms with E-state index in [9.17, 15) is 4.79 Å². The zero-order chi connectivity index (χ0) is 6.57. The van der Waals surface area contributed by atoms with Crippen molar-refractivity contribution in [3.63, 3.8) is 0 Å². The first-order valence-electron chi connectivity index (χ1n) is 1.81. The molecule has 0 rings (SSSR count). The second-order valence-corrected chi connectivity index (χ2v) is 1.29. The molecule has 0 spiro atoms. The van der Waals surface area contributed by atoms with Gasteiger partial charge in [0.1, 0.15) is 0 Å². The standard InChI is InChI=1S/C3H5ClN2O2/c1-5-6-2(4)3(7)8/h5H,1H3,(H,7,8)/b6-2+. The molecule has 0 amide bonds. The average molecular weight is 137 g/mol. The Morgan fingerprint density at radius 1 is 1.88 bits per heavy atom. The van der Waals surface area contributed by atoms with Gasteiger partial charge in [-0.1, -0.05) is 11.6 Å². The van der Waals surface area contributed by atoms with Crippen LogP contribution in [0.15, 0.2) is 5.10 Å². The van der Waals surface area contributed by atoms with E-state index in [1.54, 1.807) is 0 Å². The summed E-state index contributed by atoms with van der Waals surface area (Å²) in [5.41, 5.74) is 2.22. The van der Waals surface area contributed by atoms with E-state index in [1.165, 1.54) is 7.05 Å². The molecule has 0 radical (unpaired) electrons. The Balaban J connectivity index is 3.80. The maximum atomic E-state index is 9.79. The van der Waals surface area contributed by atoms with Gasteiger partial charge in [-0.2, -0.15) is 5.10 Å². The number of carbonyl (C=O) groups is 1. The average Bonchev–Trinajstić information content (AvgIpc) is 1.67. The third kappa shape index (κ3) is 2.41. The van der Waals surface area contributed by atoms with Crippen LogP contribution in [-0.2, 0) is 4.79 Å². The summed E-state index contributed by atoms with van der Waals surface area (Å²) in [4.78, 5) is 9.79. The molecule has 0 aliphatic carbocycles. The molecule has 0 aromatic rings. The highest BCUT2D eigenvalue weighted by Gasteiger charge is 2.01. The summed E-state index contributed by atoms with van der Waals surface area (Å²) < 4.78 is 0. The molecule has 0 saturated carbocycles. The van der Waals surface area contributed by atoms with Crippen LogP contribution in [0.4, 0.5) is 0 Å². The Morgan fingerprint density at radius 3 is 2.50 bits per heavy atom. The molecule has 0 fully saturated rings. The van der Waals surface area contributed by atoms with Crippen molar-refractivity contribution >= 4 is 22.7 Å². The highest BCUT2D eigenvalue weighted by Crippen LogP contribution is 1.81. The minimum absolute atomic E-state index is 0.465. The third-order valence-electron chi connectivity index (χ3n) is 0.386. The van der Waals surface area contributed by atoms with Gasteiger partial charge in [-0.05, 0) is 0 Å². The molecule has 0 aliphatic rings. The third-order valence-corrected chi connectivity index (χ3v) is 0.633. The first kappa shape index (κ1) is 7.23. The van der Waals surface area contributed by atoms with Crippen LogP contribution in [0.5, 0.6) is 0 Å². The lowest BCUT2D eigenvalue weighted by Crippen LogP contribution is -2.09. The minimum atomic E-state index is -1.24. The van der Waals surface area contributed by atoms with E-state index in [2.05, 4.69) is 10.5 Å². The SMILES string of the molecule is CN/N=C(/Cl)C(=O)O. The summed E-state index contributed by atoms with van der Waals surface area (Å²) in [5.74, 6) is -1.24. The van der Waals surface area contributed by atoms with Crippen LogP contribution in [-0.4, -0.2) is 23.3 Å². The molecule has 0 aliphatic heterocycles. The molecule has 0 bridgehead atoms. The first-order valence-corrected chi connectivity index (χ1v) is 2.19. The van der Waals surface area contributed by atoms with Gasteiger partial charge in [-0.25, -0.2) is 4.79 Å². The normalized spacial score (nSPS) is 11.0. The van der Waals surface area contributed by atoms with E-state index in [4.69, 9.17) is 16.7 Å². The zero-order valence-corrected chi connectivity index (χ0v) is 4.94. The lowest BCUT2D eigenvalue weighted by Gasteiger charge is -1.86. The predicted octanol–water partition coefficient (Wildman–Crippen LogP) is -0.157. The van der Waals surface area contributed by atoms with E-state index in [0.717, 1.165) is 0 Å². The highest BCUT2D eigenvalue weighted by atomic mass is 35.5. The molecule has 0 unspecified atom stereocenters. The van der Waals surface area contributed by atoms with Gasteiger partial charge >= 0.3 is 5.97 Å². The summed E-state index contributed by atoms with van der Waals surface area (Å²) >= 11 is 5.00. The Hall–Kier alpha value is -0.770. The second-order valence-electron chi connectivity index (χ2n) is 0.931. The number of hydrogen-bond donors (Lipinski definition) is 2. The van der Waals surface area contributed by atoms with Crippen molar-refractivity contribution in [3.05, 3.63) is 0 Å². The van der Waals surface area contributed by atoms with Gasteiger partial charge in [0.25, 0.3) is 0 Å². The van der Waals surface area contributed by atoms with Crippen molar-refractivity contribution in [2.45, 2.75) is 0 Å². The molecule has 0 atom stereocenters. The van der Waals surface area contributed by atoms with Gasteiger partial charge in [0, 0.05) is 7.05 Å². The Kier molecular flexibility index (Phi) is 2.95. The summed E-state index contributed by atoms with van der Waals surface area (Å²) in [5, 5.41) is 10.7. The highest BCUT2D eigenvalue weighted by molar-refractivity contribution is 6.81. The number of aliphatic carboxylic acids is 1. The summed E-state index contributed by atoms with van der Waals surface area (Å²) in [6, 6.07) is 0.